The normalized spacial score (nSPS) is 11.9. The lowest BCUT2D eigenvalue weighted by Gasteiger charge is -2.12. The highest BCUT2D eigenvalue weighted by molar-refractivity contribution is 9.10. The van der Waals surface area contributed by atoms with Crippen molar-refractivity contribution in [2.45, 2.75) is 13.0 Å². The van der Waals surface area contributed by atoms with E-state index in [0.717, 1.165) is 21.4 Å². The van der Waals surface area contributed by atoms with Crippen LogP contribution in [0.5, 0.6) is 0 Å². The van der Waals surface area contributed by atoms with Crippen LogP contribution in [-0.2, 0) is 7.05 Å². The van der Waals surface area contributed by atoms with Gasteiger partial charge < -0.3 is 5.32 Å². The lowest BCUT2D eigenvalue weighted by Crippen LogP contribution is -2.08. The summed E-state index contributed by atoms with van der Waals surface area (Å²) in [5.41, 5.74) is 2.68. The number of nitrogens with zero attached hydrogens (tertiary/aromatic N) is 3. The molecule has 1 atom stereocenters. The number of benzene rings is 1. The number of halogens is 1. The van der Waals surface area contributed by atoms with Crippen molar-refractivity contribution in [1.29, 1.82) is 5.26 Å². The van der Waals surface area contributed by atoms with Crippen LogP contribution in [0.4, 0.5) is 5.69 Å². The third kappa shape index (κ3) is 2.71. The molecule has 2 aromatic rings. The second-order valence-corrected chi connectivity index (χ2v) is 4.97. The van der Waals surface area contributed by atoms with E-state index in [4.69, 9.17) is 0 Å². The molecule has 0 spiro atoms. The van der Waals surface area contributed by atoms with Crippen LogP contribution in [0, 0.1) is 18.3 Å². The van der Waals surface area contributed by atoms with Crippen molar-refractivity contribution in [2.24, 2.45) is 7.05 Å². The largest absolute Gasteiger partial charge is 0.366 e. The Bertz CT molecular complexity index is 580. The summed E-state index contributed by atoms with van der Waals surface area (Å²) in [7, 11) is 1.85. The first kappa shape index (κ1) is 12.7. The lowest BCUT2D eigenvalue weighted by molar-refractivity contribution is 0.756. The molecular formula is C13H13BrN4. The number of aryl methyl sites for hydroxylation is 2. The zero-order chi connectivity index (χ0) is 13.1. The summed E-state index contributed by atoms with van der Waals surface area (Å²) in [6, 6.07) is 9.61. The van der Waals surface area contributed by atoms with Crippen LogP contribution < -0.4 is 5.32 Å². The van der Waals surface area contributed by atoms with Gasteiger partial charge in [0, 0.05) is 29.0 Å². The average Bonchev–Trinajstić information content (AvgIpc) is 2.68. The van der Waals surface area contributed by atoms with E-state index in [0.29, 0.717) is 0 Å². The zero-order valence-corrected chi connectivity index (χ0v) is 11.8. The zero-order valence-electron chi connectivity index (χ0n) is 10.2. The first-order valence-corrected chi connectivity index (χ1v) is 6.31. The maximum Gasteiger partial charge on any atom is 0.143 e. The van der Waals surface area contributed by atoms with Gasteiger partial charge in [0.25, 0.3) is 0 Å². The standard InChI is InChI=1S/C13H13BrN4/c1-9-12(8-18(2)17-9)13(7-15)16-11-5-3-10(14)4-6-11/h3-6,8,13,16H,1-2H3. The van der Waals surface area contributed by atoms with Gasteiger partial charge in [0.15, 0.2) is 0 Å². The molecule has 18 heavy (non-hydrogen) atoms. The van der Waals surface area contributed by atoms with E-state index in [1.165, 1.54) is 0 Å². The third-order valence-electron chi connectivity index (χ3n) is 2.65. The minimum atomic E-state index is -0.389. The van der Waals surface area contributed by atoms with Gasteiger partial charge >= 0.3 is 0 Å². The van der Waals surface area contributed by atoms with E-state index in [1.807, 2.05) is 44.4 Å². The topological polar surface area (TPSA) is 53.6 Å². The van der Waals surface area contributed by atoms with Gasteiger partial charge in [-0.3, -0.25) is 4.68 Å². The Hall–Kier alpha value is -1.80. The van der Waals surface area contributed by atoms with Gasteiger partial charge in [0.05, 0.1) is 11.8 Å². The summed E-state index contributed by atoms with van der Waals surface area (Å²) in [6.45, 7) is 1.91. The number of hydrogen-bond donors (Lipinski definition) is 1. The molecule has 0 saturated carbocycles. The first-order chi connectivity index (χ1) is 8.60. The molecular weight excluding hydrogens is 292 g/mol. The Morgan fingerprint density at radius 3 is 2.56 bits per heavy atom. The molecule has 1 N–H and O–H groups in total. The molecule has 1 aromatic carbocycles. The first-order valence-electron chi connectivity index (χ1n) is 5.52. The Morgan fingerprint density at radius 2 is 2.06 bits per heavy atom. The fourth-order valence-corrected chi connectivity index (χ4v) is 2.06. The highest BCUT2D eigenvalue weighted by Crippen LogP contribution is 2.22. The van der Waals surface area contributed by atoms with Crippen LogP contribution in [0.3, 0.4) is 0 Å². The van der Waals surface area contributed by atoms with Crippen molar-refractivity contribution in [2.75, 3.05) is 5.32 Å². The number of nitrogens with one attached hydrogen (secondary N) is 1. The number of nitriles is 1. The Morgan fingerprint density at radius 1 is 1.39 bits per heavy atom. The number of aromatic nitrogens is 2. The molecule has 5 heteroatoms. The summed E-state index contributed by atoms with van der Waals surface area (Å²) in [5, 5.41) is 16.7. The third-order valence-corrected chi connectivity index (χ3v) is 3.18. The molecule has 0 bridgehead atoms. The van der Waals surface area contributed by atoms with Crippen molar-refractivity contribution < 1.29 is 0 Å². The van der Waals surface area contributed by atoms with Gasteiger partial charge in [-0.25, -0.2) is 0 Å². The van der Waals surface area contributed by atoms with Gasteiger partial charge in [0.1, 0.15) is 6.04 Å². The van der Waals surface area contributed by atoms with Crippen molar-refractivity contribution >= 4 is 21.6 Å². The minimum Gasteiger partial charge on any atom is -0.366 e. The maximum absolute atomic E-state index is 9.27. The van der Waals surface area contributed by atoms with Crippen LogP contribution in [0.2, 0.25) is 0 Å². The van der Waals surface area contributed by atoms with Gasteiger partial charge in [-0.15, -0.1) is 0 Å². The Balaban J connectivity index is 2.23. The molecule has 2 rings (SSSR count). The van der Waals surface area contributed by atoms with Crippen LogP contribution >= 0.6 is 15.9 Å². The molecule has 0 aliphatic heterocycles. The molecule has 1 unspecified atom stereocenters. The second-order valence-electron chi connectivity index (χ2n) is 4.06. The van der Waals surface area contributed by atoms with Crippen LogP contribution in [0.1, 0.15) is 17.3 Å². The van der Waals surface area contributed by atoms with Crippen molar-refractivity contribution in [3.05, 3.63) is 46.2 Å². The summed E-state index contributed by atoms with van der Waals surface area (Å²) in [5.74, 6) is 0. The SMILES string of the molecule is Cc1nn(C)cc1C(C#N)Nc1ccc(Br)cc1. The fraction of sp³-hybridized carbons (Fsp3) is 0.231. The number of anilines is 1. The summed E-state index contributed by atoms with van der Waals surface area (Å²) >= 11 is 3.38. The van der Waals surface area contributed by atoms with E-state index in [-0.39, 0.29) is 6.04 Å². The van der Waals surface area contributed by atoms with Crippen molar-refractivity contribution in [1.82, 2.24) is 9.78 Å². The summed E-state index contributed by atoms with van der Waals surface area (Å²) in [6.07, 6.45) is 1.87. The maximum atomic E-state index is 9.27. The fourth-order valence-electron chi connectivity index (χ4n) is 1.79. The van der Waals surface area contributed by atoms with Gasteiger partial charge in [-0.2, -0.15) is 10.4 Å². The molecule has 1 aromatic heterocycles. The van der Waals surface area contributed by atoms with E-state index in [2.05, 4.69) is 32.4 Å². The lowest BCUT2D eigenvalue weighted by atomic mass is 10.1. The number of hydrogen-bond acceptors (Lipinski definition) is 3. The predicted molar refractivity (Wildman–Crippen MR) is 74.1 cm³/mol. The molecule has 92 valence electrons. The Kier molecular flexibility index (Phi) is 3.68. The predicted octanol–water partition coefficient (Wildman–Crippen LogP) is 3.17. The van der Waals surface area contributed by atoms with E-state index < -0.39 is 0 Å². The molecule has 0 amide bonds. The molecule has 0 aliphatic rings. The van der Waals surface area contributed by atoms with Crippen molar-refractivity contribution in [3.63, 3.8) is 0 Å². The summed E-state index contributed by atoms with van der Waals surface area (Å²) in [4.78, 5) is 0. The summed E-state index contributed by atoms with van der Waals surface area (Å²) < 4.78 is 2.73. The smallest absolute Gasteiger partial charge is 0.143 e. The van der Waals surface area contributed by atoms with Gasteiger partial charge in [-0.1, -0.05) is 15.9 Å². The van der Waals surface area contributed by atoms with E-state index in [1.54, 1.807) is 4.68 Å². The molecule has 0 radical (unpaired) electrons. The van der Waals surface area contributed by atoms with Crippen LogP contribution in [0.25, 0.3) is 0 Å². The highest BCUT2D eigenvalue weighted by Gasteiger charge is 2.15. The minimum absolute atomic E-state index is 0.389. The molecule has 0 fully saturated rings. The number of rotatable bonds is 3. The molecule has 1 heterocycles. The molecule has 0 aliphatic carbocycles. The second kappa shape index (κ2) is 5.23. The molecule has 4 nitrogen and oxygen atoms in total. The van der Waals surface area contributed by atoms with Gasteiger partial charge in [-0.05, 0) is 31.2 Å². The van der Waals surface area contributed by atoms with E-state index >= 15 is 0 Å². The van der Waals surface area contributed by atoms with E-state index in [9.17, 15) is 5.26 Å². The van der Waals surface area contributed by atoms with Crippen LogP contribution in [-0.4, -0.2) is 9.78 Å². The van der Waals surface area contributed by atoms with Crippen LogP contribution in [0.15, 0.2) is 34.9 Å². The Labute approximate surface area is 114 Å². The average molecular weight is 305 g/mol. The quantitative estimate of drug-likeness (QED) is 0.947. The monoisotopic (exact) mass is 304 g/mol. The van der Waals surface area contributed by atoms with Crippen molar-refractivity contribution in [3.8, 4) is 6.07 Å². The van der Waals surface area contributed by atoms with Gasteiger partial charge in [0.2, 0.25) is 0 Å². The highest BCUT2D eigenvalue weighted by atomic mass is 79.9. The molecule has 0 saturated heterocycles.